The fourth-order valence-corrected chi connectivity index (χ4v) is 3.43. The number of aromatic nitrogens is 4. The lowest BCUT2D eigenvalue weighted by Crippen LogP contribution is -2.45. The number of hydrogen-bond acceptors (Lipinski definition) is 5. The van der Waals surface area contributed by atoms with Crippen molar-refractivity contribution < 1.29 is 0 Å². The van der Waals surface area contributed by atoms with Gasteiger partial charge in [0.05, 0.1) is 12.2 Å². The quantitative estimate of drug-likeness (QED) is 0.741. The Kier molecular flexibility index (Phi) is 6.21. The predicted octanol–water partition coefficient (Wildman–Crippen LogP) is 2.88. The molecule has 8 heteroatoms. The van der Waals surface area contributed by atoms with Crippen LogP contribution in [0.2, 0.25) is 5.02 Å². The molecular weight excluding hydrogens is 371 g/mol. The summed E-state index contributed by atoms with van der Waals surface area (Å²) in [7, 11) is 0. The van der Waals surface area contributed by atoms with Gasteiger partial charge in [0.15, 0.2) is 5.82 Å². The Morgan fingerprint density at radius 3 is 2.77 bits per heavy atom. The number of nitrogens with one attached hydrogen (secondary N) is 1. The summed E-state index contributed by atoms with van der Waals surface area (Å²) in [5, 5.41) is 16.5. The second-order valence-corrected chi connectivity index (χ2v) is 6.52. The third-order valence-electron chi connectivity index (χ3n) is 4.47. The Morgan fingerprint density at radius 1 is 1.12 bits per heavy atom. The Balaban J connectivity index is 0.00000196. The molecule has 1 fully saturated rings. The van der Waals surface area contributed by atoms with Crippen molar-refractivity contribution >= 4 is 24.0 Å². The van der Waals surface area contributed by atoms with Crippen molar-refractivity contribution in [3.63, 3.8) is 0 Å². The van der Waals surface area contributed by atoms with Crippen LogP contribution in [-0.4, -0.2) is 44.7 Å². The largest absolute Gasteiger partial charge is 0.314 e. The van der Waals surface area contributed by atoms with E-state index in [1.807, 2.05) is 48.5 Å². The van der Waals surface area contributed by atoms with E-state index in [1.165, 1.54) is 5.56 Å². The fourth-order valence-electron chi connectivity index (χ4n) is 3.23. The van der Waals surface area contributed by atoms with E-state index >= 15 is 0 Å². The number of tetrazole rings is 1. The molecule has 136 valence electrons. The normalized spacial score (nSPS) is 17.7. The van der Waals surface area contributed by atoms with Crippen molar-refractivity contribution in [3.8, 4) is 5.69 Å². The molecule has 1 unspecified atom stereocenters. The van der Waals surface area contributed by atoms with Crippen LogP contribution in [0, 0.1) is 0 Å². The first-order valence-electron chi connectivity index (χ1n) is 8.34. The zero-order valence-electron chi connectivity index (χ0n) is 14.1. The van der Waals surface area contributed by atoms with Gasteiger partial charge in [0.2, 0.25) is 0 Å². The molecule has 2 aromatic carbocycles. The molecule has 0 aliphatic carbocycles. The third-order valence-corrected chi connectivity index (χ3v) is 4.70. The molecule has 0 radical (unpaired) electrons. The van der Waals surface area contributed by atoms with Gasteiger partial charge >= 0.3 is 0 Å². The molecular formula is C18H20Cl2N6. The number of benzene rings is 2. The van der Waals surface area contributed by atoms with E-state index in [1.54, 1.807) is 4.68 Å². The maximum Gasteiger partial charge on any atom is 0.170 e. The van der Waals surface area contributed by atoms with Crippen LogP contribution in [0.25, 0.3) is 5.69 Å². The van der Waals surface area contributed by atoms with Crippen molar-refractivity contribution in [2.45, 2.75) is 12.6 Å². The van der Waals surface area contributed by atoms with Crippen LogP contribution < -0.4 is 5.32 Å². The number of nitrogens with zero attached hydrogens (tertiary/aromatic N) is 5. The lowest BCUT2D eigenvalue weighted by molar-refractivity contribution is 0.149. The Bertz CT molecular complexity index is 838. The minimum atomic E-state index is 0. The van der Waals surface area contributed by atoms with Gasteiger partial charge in [0.1, 0.15) is 0 Å². The highest BCUT2D eigenvalue weighted by Crippen LogP contribution is 2.26. The van der Waals surface area contributed by atoms with E-state index in [4.69, 9.17) is 11.6 Å². The van der Waals surface area contributed by atoms with Gasteiger partial charge in [-0.25, -0.2) is 0 Å². The number of rotatable bonds is 4. The van der Waals surface area contributed by atoms with E-state index in [0.29, 0.717) is 6.54 Å². The lowest BCUT2D eigenvalue weighted by atomic mass is 10.0. The Hall–Kier alpha value is -1.99. The molecule has 0 amide bonds. The summed E-state index contributed by atoms with van der Waals surface area (Å²) in [6.07, 6.45) is 0. The first kappa shape index (κ1) is 18.8. The number of piperazine rings is 1. The topological polar surface area (TPSA) is 58.9 Å². The highest BCUT2D eigenvalue weighted by atomic mass is 35.5. The zero-order chi connectivity index (χ0) is 17.1. The van der Waals surface area contributed by atoms with Crippen LogP contribution in [0.5, 0.6) is 0 Å². The first-order chi connectivity index (χ1) is 12.3. The number of halogens is 2. The van der Waals surface area contributed by atoms with Crippen LogP contribution in [0.1, 0.15) is 17.4 Å². The van der Waals surface area contributed by atoms with Crippen molar-refractivity contribution in [1.82, 2.24) is 30.4 Å². The molecule has 1 N–H and O–H groups in total. The van der Waals surface area contributed by atoms with Crippen LogP contribution >= 0.6 is 24.0 Å². The fraction of sp³-hybridized carbons (Fsp3) is 0.278. The van der Waals surface area contributed by atoms with Gasteiger partial charge in [-0.15, -0.1) is 17.5 Å². The van der Waals surface area contributed by atoms with Crippen molar-refractivity contribution in [3.05, 3.63) is 71.0 Å². The summed E-state index contributed by atoms with van der Waals surface area (Å²) in [5.74, 6) is 0.833. The van der Waals surface area contributed by atoms with Crippen molar-refractivity contribution in [1.29, 1.82) is 0 Å². The molecule has 0 spiro atoms. The zero-order valence-corrected chi connectivity index (χ0v) is 15.7. The van der Waals surface area contributed by atoms with Gasteiger partial charge in [-0.2, -0.15) is 4.68 Å². The van der Waals surface area contributed by atoms with Gasteiger partial charge < -0.3 is 5.32 Å². The highest BCUT2D eigenvalue weighted by molar-refractivity contribution is 6.30. The van der Waals surface area contributed by atoms with E-state index in [-0.39, 0.29) is 18.4 Å². The minimum absolute atomic E-state index is 0. The van der Waals surface area contributed by atoms with Gasteiger partial charge in [0.25, 0.3) is 0 Å². The van der Waals surface area contributed by atoms with E-state index < -0.39 is 0 Å². The van der Waals surface area contributed by atoms with Crippen LogP contribution in [0.15, 0.2) is 54.6 Å². The minimum Gasteiger partial charge on any atom is -0.314 e. The number of hydrogen-bond donors (Lipinski definition) is 1. The van der Waals surface area contributed by atoms with Gasteiger partial charge in [-0.05, 0) is 40.3 Å². The molecule has 1 aromatic heterocycles. The Morgan fingerprint density at radius 2 is 1.96 bits per heavy atom. The third kappa shape index (κ3) is 4.04. The van der Waals surface area contributed by atoms with E-state index in [0.717, 1.165) is 36.2 Å². The molecule has 1 aliphatic heterocycles. The standard InChI is InChI=1S/C18H19ClN6.ClH/c19-15-6-4-5-14(11-15)17-12-20-9-10-24(17)13-18-21-22-23-25(18)16-7-2-1-3-8-16;/h1-8,11,17,20H,9-10,12-13H2;1H. The summed E-state index contributed by atoms with van der Waals surface area (Å²) in [6, 6.07) is 18.3. The first-order valence-corrected chi connectivity index (χ1v) is 8.72. The molecule has 3 aromatic rings. The molecule has 0 saturated carbocycles. The van der Waals surface area contributed by atoms with Gasteiger partial charge in [-0.3, -0.25) is 4.90 Å². The number of para-hydroxylation sites is 1. The smallest absolute Gasteiger partial charge is 0.170 e. The second kappa shape index (κ2) is 8.60. The average Bonchev–Trinajstić information content (AvgIpc) is 3.11. The maximum atomic E-state index is 6.18. The lowest BCUT2D eigenvalue weighted by Gasteiger charge is -2.36. The van der Waals surface area contributed by atoms with Crippen molar-refractivity contribution in [2.75, 3.05) is 19.6 Å². The second-order valence-electron chi connectivity index (χ2n) is 6.09. The van der Waals surface area contributed by atoms with Crippen molar-refractivity contribution in [2.24, 2.45) is 0 Å². The Labute approximate surface area is 163 Å². The van der Waals surface area contributed by atoms with E-state index in [9.17, 15) is 0 Å². The molecule has 1 atom stereocenters. The average molecular weight is 391 g/mol. The molecule has 0 bridgehead atoms. The summed E-state index contributed by atoms with van der Waals surface area (Å²) in [5.41, 5.74) is 2.18. The monoisotopic (exact) mass is 390 g/mol. The summed E-state index contributed by atoms with van der Waals surface area (Å²) < 4.78 is 1.80. The van der Waals surface area contributed by atoms with Crippen LogP contribution in [0.3, 0.4) is 0 Å². The van der Waals surface area contributed by atoms with Crippen LogP contribution in [0.4, 0.5) is 0 Å². The molecule has 6 nitrogen and oxygen atoms in total. The summed E-state index contributed by atoms with van der Waals surface area (Å²) in [4.78, 5) is 2.40. The summed E-state index contributed by atoms with van der Waals surface area (Å²) >= 11 is 6.18. The molecule has 1 aliphatic rings. The SMILES string of the molecule is Cl.Clc1cccc(C2CNCCN2Cc2nnnn2-c2ccccc2)c1. The van der Waals surface area contributed by atoms with Gasteiger partial charge in [-0.1, -0.05) is 41.9 Å². The van der Waals surface area contributed by atoms with Crippen LogP contribution in [-0.2, 0) is 6.54 Å². The maximum absolute atomic E-state index is 6.18. The molecule has 2 heterocycles. The van der Waals surface area contributed by atoms with Gasteiger partial charge in [0, 0.05) is 30.7 Å². The van der Waals surface area contributed by atoms with E-state index in [2.05, 4.69) is 31.8 Å². The highest BCUT2D eigenvalue weighted by Gasteiger charge is 2.26. The summed E-state index contributed by atoms with van der Waals surface area (Å²) in [6.45, 7) is 3.44. The molecule has 4 rings (SSSR count). The molecule has 1 saturated heterocycles. The predicted molar refractivity (Wildman–Crippen MR) is 104 cm³/mol. The molecule has 26 heavy (non-hydrogen) atoms.